The van der Waals surface area contributed by atoms with Gasteiger partial charge < -0.3 is 14.4 Å². The summed E-state index contributed by atoms with van der Waals surface area (Å²) < 4.78 is 10.2. The van der Waals surface area contributed by atoms with Crippen LogP contribution in [0.3, 0.4) is 0 Å². The second-order valence-electron chi connectivity index (χ2n) is 2.62. The van der Waals surface area contributed by atoms with Crippen molar-refractivity contribution in [2.24, 2.45) is 0 Å². The van der Waals surface area contributed by atoms with Gasteiger partial charge in [-0.3, -0.25) is 0 Å². The van der Waals surface area contributed by atoms with E-state index in [1.165, 1.54) is 0 Å². The van der Waals surface area contributed by atoms with E-state index in [1.807, 2.05) is 27.0 Å². The van der Waals surface area contributed by atoms with Crippen LogP contribution in [0.15, 0.2) is 12.0 Å². The number of methoxy groups -OCH3 is 1. The van der Waals surface area contributed by atoms with Crippen molar-refractivity contribution in [3.05, 3.63) is 12.0 Å². The van der Waals surface area contributed by atoms with Crippen LogP contribution < -0.4 is 0 Å². The van der Waals surface area contributed by atoms with E-state index in [0.717, 1.165) is 32.1 Å². The summed E-state index contributed by atoms with van der Waals surface area (Å²) in [4.78, 5) is 2.21. The minimum Gasteiger partial charge on any atom is -0.495 e. The monoisotopic (exact) mass is 187 g/mol. The molecule has 0 amide bonds. The Morgan fingerprint density at radius 3 is 2.77 bits per heavy atom. The van der Waals surface area contributed by atoms with Gasteiger partial charge in [-0.2, -0.15) is 0 Å². The van der Waals surface area contributed by atoms with Crippen molar-refractivity contribution in [3.8, 4) is 0 Å². The molecule has 0 radical (unpaired) electrons. The molecule has 13 heavy (non-hydrogen) atoms. The molecule has 1 aliphatic heterocycles. The molecular weight excluding hydrogens is 166 g/mol. The van der Waals surface area contributed by atoms with E-state index in [1.54, 1.807) is 7.11 Å². The maximum Gasteiger partial charge on any atom is 0.109 e. The molecule has 0 spiro atoms. The Bertz CT molecular complexity index is 146. The number of nitrogens with zero attached hydrogens (tertiary/aromatic N) is 1. The van der Waals surface area contributed by atoms with Gasteiger partial charge in [-0.15, -0.1) is 0 Å². The largest absolute Gasteiger partial charge is 0.495 e. The lowest BCUT2D eigenvalue weighted by Gasteiger charge is -2.25. The Kier molecular flexibility index (Phi) is 7.50. The van der Waals surface area contributed by atoms with E-state index < -0.39 is 0 Å². The number of rotatable bonds is 3. The number of ether oxygens (including phenoxy) is 2. The lowest BCUT2D eigenvalue weighted by molar-refractivity contribution is 0.117. The third-order valence-electron chi connectivity index (χ3n) is 1.66. The summed E-state index contributed by atoms with van der Waals surface area (Å²) in [6.07, 6.45) is 2.03. The van der Waals surface area contributed by atoms with Crippen molar-refractivity contribution >= 4 is 0 Å². The molecule has 1 heterocycles. The first-order valence-corrected chi connectivity index (χ1v) is 4.87. The second-order valence-corrected chi connectivity index (χ2v) is 2.62. The molecule has 0 saturated carbocycles. The van der Waals surface area contributed by atoms with Crippen LogP contribution >= 0.6 is 0 Å². The third kappa shape index (κ3) is 5.53. The maximum absolute atomic E-state index is 5.27. The van der Waals surface area contributed by atoms with E-state index in [-0.39, 0.29) is 0 Å². The van der Waals surface area contributed by atoms with Gasteiger partial charge >= 0.3 is 0 Å². The van der Waals surface area contributed by atoms with Crippen LogP contribution in [0.4, 0.5) is 0 Å². The van der Waals surface area contributed by atoms with Crippen molar-refractivity contribution in [2.75, 3.05) is 33.4 Å². The number of hydrogen-bond acceptors (Lipinski definition) is 3. The zero-order valence-electron chi connectivity index (χ0n) is 9.17. The van der Waals surface area contributed by atoms with Crippen LogP contribution in [0.1, 0.15) is 20.8 Å². The second kappa shape index (κ2) is 7.92. The molecule has 3 heteroatoms. The molecular formula is C10H21NO2. The quantitative estimate of drug-likeness (QED) is 0.673. The van der Waals surface area contributed by atoms with Gasteiger partial charge in [-0.1, -0.05) is 13.8 Å². The van der Waals surface area contributed by atoms with Crippen LogP contribution in [0, 0.1) is 0 Å². The zero-order chi connectivity index (χ0) is 10.1. The molecule has 0 aromatic heterocycles. The fourth-order valence-electron chi connectivity index (χ4n) is 1.07. The summed E-state index contributed by atoms with van der Waals surface area (Å²) in [5, 5.41) is 0. The van der Waals surface area contributed by atoms with E-state index in [4.69, 9.17) is 9.47 Å². The predicted octanol–water partition coefficient (Wildman–Crippen LogP) is 1.85. The Morgan fingerprint density at radius 2 is 2.23 bits per heavy atom. The fourth-order valence-corrected chi connectivity index (χ4v) is 1.07. The highest BCUT2D eigenvalue weighted by atomic mass is 16.5. The first kappa shape index (κ1) is 12.3. The molecule has 0 N–H and O–H groups in total. The van der Waals surface area contributed by atoms with E-state index in [2.05, 4.69) is 4.90 Å². The van der Waals surface area contributed by atoms with Crippen LogP contribution in [0.25, 0.3) is 0 Å². The summed E-state index contributed by atoms with van der Waals surface area (Å²) in [6, 6.07) is 0. The molecule has 3 nitrogen and oxygen atoms in total. The van der Waals surface area contributed by atoms with Crippen molar-refractivity contribution in [1.82, 2.24) is 4.90 Å². The van der Waals surface area contributed by atoms with E-state index >= 15 is 0 Å². The van der Waals surface area contributed by atoms with Crippen LogP contribution in [0.2, 0.25) is 0 Å². The van der Waals surface area contributed by atoms with Gasteiger partial charge in [0, 0.05) is 19.9 Å². The summed E-state index contributed by atoms with van der Waals surface area (Å²) in [7, 11) is 1.72. The summed E-state index contributed by atoms with van der Waals surface area (Å²) in [6.45, 7) is 9.48. The van der Waals surface area contributed by atoms with Crippen molar-refractivity contribution in [3.63, 3.8) is 0 Å². The predicted molar refractivity (Wildman–Crippen MR) is 54.5 cm³/mol. The van der Waals surface area contributed by atoms with Crippen LogP contribution in [-0.4, -0.2) is 38.3 Å². The molecule has 78 valence electrons. The first-order valence-electron chi connectivity index (χ1n) is 4.87. The average molecular weight is 187 g/mol. The Balaban J connectivity index is 0.000000671. The summed E-state index contributed by atoms with van der Waals surface area (Å²) >= 11 is 0. The molecule has 1 aliphatic rings. The molecule has 0 unspecified atom stereocenters. The number of hydrogen-bond donors (Lipinski definition) is 0. The Labute approximate surface area is 81.3 Å². The molecule has 0 aromatic carbocycles. The first-order chi connectivity index (χ1) is 6.33. The lowest BCUT2D eigenvalue weighted by atomic mass is 10.4. The number of allylic oxidation sites excluding steroid dienone is 1. The van der Waals surface area contributed by atoms with E-state index in [0.29, 0.717) is 0 Å². The van der Waals surface area contributed by atoms with Gasteiger partial charge in [-0.05, 0) is 6.92 Å². The third-order valence-corrected chi connectivity index (χ3v) is 1.66. The van der Waals surface area contributed by atoms with E-state index in [9.17, 15) is 0 Å². The smallest absolute Gasteiger partial charge is 0.109 e. The van der Waals surface area contributed by atoms with Gasteiger partial charge in [-0.25, -0.2) is 0 Å². The highest BCUT2D eigenvalue weighted by Crippen LogP contribution is 2.05. The average Bonchev–Trinajstić information content (AvgIpc) is 2.18. The topological polar surface area (TPSA) is 21.7 Å². The van der Waals surface area contributed by atoms with Gasteiger partial charge in [0.15, 0.2) is 0 Å². The molecule has 0 atom stereocenters. The van der Waals surface area contributed by atoms with Gasteiger partial charge in [0.05, 0.1) is 13.2 Å². The zero-order valence-corrected chi connectivity index (χ0v) is 9.17. The van der Waals surface area contributed by atoms with Crippen LogP contribution in [-0.2, 0) is 9.47 Å². The standard InChI is InChI=1S/C8H15NO2.C2H6/c1-8-7-9(3-5-10-2)4-6-11-8;1-2/h7H,3-6H2,1-2H3;1-2H3. The molecule has 0 saturated heterocycles. The molecule has 1 rings (SSSR count). The summed E-state index contributed by atoms with van der Waals surface area (Å²) in [5.41, 5.74) is 0. The molecule has 0 bridgehead atoms. The van der Waals surface area contributed by atoms with Gasteiger partial charge in [0.2, 0.25) is 0 Å². The van der Waals surface area contributed by atoms with Crippen molar-refractivity contribution in [1.29, 1.82) is 0 Å². The minimum absolute atomic E-state index is 0.782. The van der Waals surface area contributed by atoms with Crippen molar-refractivity contribution < 1.29 is 9.47 Å². The highest BCUT2D eigenvalue weighted by molar-refractivity contribution is 4.91. The fraction of sp³-hybridized carbons (Fsp3) is 0.800. The highest BCUT2D eigenvalue weighted by Gasteiger charge is 2.06. The summed E-state index contributed by atoms with van der Waals surface area (Å²) in [5.74, 6) is 0.993. The minimum atomic E-state index is 0.782. The lowest BCUT2D eigenvalue weighted by Crippen LogP contribution is -2.29. The molecule has 0 aliphatic carbocycles. The Hall–Kier alpha value is -0.700. The van der Waals surface area contributed by atoms with Crippen LogP contribution in [0.5, 0.6) is 0 Å². The molecule has 0 fully saturated rings. The Morgan fingerprint density at radius 1 is 1.54 bits per heavy atom. The maximum atomic E-state index is 5.27. The molecule has 0 aromatic rings. The SMILES string of the molecule is CC.COCCN1C=C(C)OCC1. The normalized spacial score (nSPS) is 15.4. The van der Waals surface area contributed by atoms with Gasteiger partial charge in [0.1, 0.15) is 12.4 Å². The van der Waals surface area contributed by atoms with Crippen molar-refractivity contribution in [2.45, 2.75) is 20.8 Å². The van der Waals surface area contributed by atoms with Gasteiger partial charge in [0.25, 0.3) is 0 Å².